The lowest BCUT2D eigenvalue weighted by molar-refractivity contribution is -0.121. The van der Waals surface area contributed by atoms with Gasteiger partial charge in [0, 0.05) is 70.7 Å². The van der Waals surface area contributed by atoms with Crippen LogP contribution in [0.25, 0.3) is 17.0 Å². The molecule has 0 aliphatic heterocycles. The Morgan fingerprint density at radius 3 is 2.33 bits per heavy atom. The minimum Gasteiger partial charge on any atom is -0.497 e. The van der Waals surface area contributed by atoms with E-state index in [0.29, 0.717) is 70.4 Å². The van der Waals surface area contributed by atoms with Gasteiger partial charge in [-0.05, 0) is 100 Å². The van der Waals surface area contributed by atoms with Crippen molar-refractivity contribution in [3.05, 3.63) is 93.6 Å². The molecule has 0 saturated heterocycles. The lowest BCUT2D eigenvalue weighted by Crippen LogP contribution is -2.31. The van der Waals surface area contributed by atoms with E-state index in [0.717, 1.165) is 29.7 Å². The number of benzene rings is 3. The molecule has 0 fully saturated rings. The Kier molecular flexibility index (Phi) is 12.4. The Balaban J connectivity index is 1.37. The molecule has 0 radical (unpaired) electrons. The zero-order chi connectivity index (χ0) is 34.8. The molecule has 252 valence electrons. The number of rotatable bonds is 15. The Morgan fingerprint density at radius 2 is 1.67 bits per heavy atom. The number of fused-ring (bicyclic) bond motifs is 1. The SMILES string of the molecule is CCN(CC)c1ccc(/C=C(\C)C(=O)NCCCNC(=O)Cc2c(C)n(C(=O)c3ccc(Cl)cc3)c3ccc(OC)cc23)c(OC=O)c1. The molecule has 2 N–H and O–H groups in total. The van der Waals surface area contributed by atoms with Crippen molar-refractivity contribution in [2.75, 3.05) is 38.2 Å². The molecule has 4 rings (SSSR count). The predicted octanol–water partition coefficient (Wildman–Crippen LogP) is 5.95. The first-order chi connectivity index (χ1) is 23.1. The number of carbonyl (C=O) groups is 4. The van der Waals surface area contributed by atoms with E-state index in [1.807, 2.05) is 45.0 Å². The fourth-order valence-electron chi connectivity index (χ4n) is 5.56. The summed E-state index contributed by atoms with van der Waals surface area (Å²) in [6.45, 7) is 10.3. The van der Waals surface area contributed by atoms with E-state index >= 15 is 0 Å². The number of amides is 2. The van der Waals surface area contributed by atoms with Crippen LogP contribution in [0, 0.1) is 6.92 Å². The monoisotopic (exact) mass is 672 g/mol. The number of nitrogens with one attached hydrogen (secondary N) is 2. The summed E-state index contributed by atoms with van der Waals surface area (Å²) in [6, 6.07) is 17.6. The average Bonchev–Trinajstić information content (AvgIpc) is 3.35. The van der Waals surface area contributed by atoms with E-state index in [1.165, 1.54) is 0 Å². The van der Waals surface area contributed by atoms with Crippen molar-refractivity contribution in [3.63, 3.8) is 0 Å². The van der Waals surface area contributed by atoms with Crippen LogP contribution in [0.3, 0.4) is 0 Å². The number of halogens is 1. The van der Waals surface area contributed by atoms with Crippen molar-refractivity contribution >= 4 is 58.5 Å². The molecule has 1 heterocycles. The Bertz CT molecular complexity index is 1830. The van der Waals surface area contributed by atoms with Gasteiger partial charge < -0.3 is 25.0 Å². The number of aromatic nitrogens is 1. The van der Waals surface area contributed by atoms with Crippen LogP contribution in [-0.4, -0.2) is 62.0 Å². The van der Waals surface area contributed by atoms with Crippen molar-refractivity contribution in [2.45, 2.75) is 40.5 Å². The maximum absolute atomic E-state index is 13.5. The molecule has 0 saturated carbocycles. The van der Waals surface area contributed by atoms with Crippen LogP contribution in [0.1, 0.15) is 54.4 Å². The van der Waals surface area contributed by atoms with E-state index in [1.54, 1.807) is 61.1 Å². The molecule has 3 aromatic carbocycles. The number of nitrogens with zero attached hydrogens (tertiary/aromatic N) is 2. The summed E-state index contributed by atoms with van der Waals surface area (Å²) in [5.41, 5.74) is 4.51. The van der Waals surface area contributed by atoms with Gasteiger partial charge >= 0.3 is 0 Å². The van der Waals surface area contributed by atoms with Gasteiger partial charge in [0.25, 0.3) is 12.4 Å². The molecule has 10 nitrogen and oxygen atoms in total. The number of methoxy groups -OCH3 is 1. The van der Waals surface area contributed by atoms with Gasteiger partial charge in [-0.1, -0.05) is 11.6 Å². The van der Waals surface area contributed by atoms with E-state index in [4.69, 9.17) is 21.1 Å². The minimum absolute atomic E-state index is 0.0584. The third-order valence-corrected chi connectivity index (χ3v) is 8.42. The standard InChI is InChI=1S/C37H41ClN4O6/c1-6-41(7-2)29-14-11-27(34(20-29)48-23-43)19-24(3)36(45)40-18-8-17-39-35(44)22-31-25(4)42(33-16-15-30(47-5)21-32(31)33)37(46)26-9-12-28(38)13-10-26/h9-16,19-21,23H,6-8,17-18,22H2,1-5H3,(H,39,44)(H,40,45)/b24-19+. The summed E-state index contributed by atoms with van der Waals surface area (Å²) in [4.78, 5) is 52.6. The second-order valence-electron chi connectivity index (χ2n) is 11.2. The van der Waals surface area contributed by atoms with Gasteiger partial charge in [-0.3, -0.25) is 23.7 Å². The molecule has 0 unspecified atom stereocenters. The predicted molar refractivity (Wildman–Crippen MR) is 189 cm³/mol. The number of carbonyl (C=O) groups excluding carboxylic acids is 4. The molecule has 48 heavy (non-hydrogen) atoms. The summed E-state index contributed by atoms with van der Waals surface area (Å²) in [5, 5.41) is 7.07. The van der Waals surface area contributed by atoms with Crippen LogP contribution in [0.5, 0.6) is 11.5 Å². The zero-order valence-electron chi connectivity index (χ0n) is 27.9. The summed E-state index contributed by atoms with van der Waals surface area (Å²) in [6.07, 6.45) is 2.24. The molecule has 0 spiro atoms. The maximum atomic E-state index is 13.5. The average molecular weight is 673 g/mol. The first-order valence-electron chi connectivity index (χ1n) is 15.8. The normalized spacial score (nSPS) is 11.2. The first kappa shape index (κ1) is 35.8. The second-order valence-corrected chi connectivity index (χ2v) is 11.6. The number of hydrogen-bond acceptors (Lipinski definition) is 7. The quantitative estimate of drug-likeness (QED) is 0.0910. The fourth-order valence-corrected chi connectivity index (χ4v) is 5.68. The van der Waals surface area contributed by atoms with Gasteiger partial charge in [0.1, 0.15) is 11.5 Å². The van der Waals surface area contributed by atoms with Crippen LogP contribution in [0.4, 0.5) is 5.69 Å². The van der Waals surface area contributed by atoms with E-state index in [-0.39, 0.29) is 24.1 Å². The minimum atomic E-state index is -0.270. The van der Waals surface area contributed by atoms with Crippen LogP contribution < -0.4 is 25.0 Å². The first-order valence-corrected chi connectivity index (χ1v) is 16.2. The zero-order valence-corrected chi connectivity index (χ0v) is 28.6. The van der Waals surface area contributed by atoms with E-state index < -0.39 is 0 Å². The van der Waals surface area contributed by atoms with Gasteiger partial charge in [0.2, 0.25) is 11.8 Å². The maximum Gasteiger partial charge on any atom is 0.298 e. The molecule has 0 aliphatic rings. The van der Waals surface area contributed by atoms with Crippen molar-refractivity contribution in [3.8, 4) is 11.5 Å². The van der Waals surface area contributed by atoms with Crippen LogP contribution >= 0.6 is 11.6 Å². The molecule has 1 aromatic heterocycles. The van der Waals surface area contributed by atoms with Crippen molar-refractivity contribution in [1.29, 1.82) is 0 Å². The molecule has 0 atom stereocenters. The Labute approximate surface area is 285 Å². The fraction of sp³-hybridized carbons (Fsp3) is 0.297. The molecule has 0 bridgehead atoms. The molecule has 11 heteroatoms. The van der Waals surface area contributed by atoms with Gasteiger partial charge in [-0.2, -0.15) is 0 Å². The van der Waals surface area contributed by atoms with Gasteiger partial charge in [-0.25, -0.2) is 0 Å². The van der Waals surface area contributed by atoms with E-state index in [9.17, 15) is 19.2 Å². The lowest BCUT2D eigenvalue weighted by atomic mass is 10.1. The van der Waals surface area contributed by atoms with Crippen molar-refractivity contribution in [2.24, 2.45) is 0 Å². The molecule has 0 aliphatic carbocycles. The summed E-state index contributed by atoms with van der Waals surface area (Å²) >= 11 is 6.02. The smallest absolute Gasteiger partial charge is 0.298 e. The lowest BCUT2D eigenvalue weighted by Gasteiger charge is -2.22. The third kappa shape index (κ3) is 8.43. The van der Waals surface area contributed by atoms with Crippen molar-refractivity contribution in [1.82, 2.24) is 15.2 Å². The second kappa shape index (κ2) is 16.6. The van der Waals surface area contributed by atoms with Gasteiger partial charge in [0.15, 0.2) is 0 Å². The highest BCUT2D eigenvalue weighted by atomic mass is 35.5. The highest BCUT2D eigenvalue weighted by molar-refractivity contribution is 6.30. The number of ether oxygens (including phenoxy) is 2. The Hall–Kier alpha value is -5.09. The highest BCUT2D eigenvalue weighted by Gasteiger charge is 2.22. The van der Waals surface area contributed by atoms with E-state index in [2.05, 4.69) is 15.5 Å². The number of hydrogen-bond donors (Lipinski definition) is 2. The number of anilines is 1. The van der Waals surface area contributed by atoms with Crippen LogP contribution in [0.15, 0.2) is 66.2 Å². The third-order valence-electron chi connectivity index (χ3n) is 8.17. The largest absolute Gasteiger partial charge is 0.497 e. The molecular weight excluding hydrogens is 632 g/mol. The molecular formula is C37H41ClN4O6. The molecule has 4 aromatic rings. The van der Waals surface area contributed by atoms with Crippen LogP contribution in [0.2, 0.25) is 5.02 Å². The Morgan fingerprint density at radius 1 is 0.958 bits per heavy atom. The van der Waals surface area contributed by atoms with Crippen molar-refractivity contribution < 1.29 is 28.7 Å². The van der Waals surface area contributed by atoms with Crippen LogP contribution in [-0.2, 0) is 20.8 Å². The summed E-state index contributed by atoms with van der Waals surface area (Å²) in [5.74, 6) is 0.279. The molecule has 2 amide bonds. The van der Waals surface area contributed by atoms with Gasteiger partial charge in [0.05, 0.1) is 19.0 Å². The summed E-state index contributed by atoms with van der Waals surface area (Å²) in [7, 11) is 1.57. The van der Waals surface area contributed by atoms with Gasteiger partial charge in [-0.15, -0.1) is 0 Å². The summed E-state index contributed by atoms with van der Waals surface area (Å²) < 4.78 is 12.2. The highest BCUT2D eigenvalue weighted by Crippen LogP contribution is 2.31. The topological polar surface area (TPSA) is 119 Å².